The van der Waals surface area contributed by atoms with Gasteiger partial charge in [-0.25, -0.2) is 8.42 Å². The van der Waals surface area contributed by atoms with Gasteiger partial charge < -0.3 is 30.0 Å². The summed E-state index contributed by atoms with van der Waals surface area (Å²) in [5, 5.41) is 23.8. The van der Waals surface area contributed by atoms with E-state index in [0.717, 1.165) is 6.07 Å². The molecule has 0 unspecified atom stereocenters. The van der Waals surface area contributed by atoms with Crippen molar-refractivity contribution in [1.29, 1.82) is 5.41 Å². The maximum Gasteiger partial charge on any atom is 1.00 e. The molecule has 0 heterocycles. The summed E-state index contributed by atoms with van der Waals surface area (Å²) < 4.78 is 50.5. The summed E-state index contributed by atoms with van der Waals surface area (Å²) in [5.41, 5.74) is 1.04. The second-order valence-electron chi connectivity index (χ2n) is 6.48. The molecule has 0 fully saturated rings. The molecule has 0 spiro atoms. The number of benzene rings is 2. The summed E-state index contributed by atoms with van der Waals surface area (Å²) in [7, 11) is -4.88. The monoisotopic (exact) mass is 544 g/mol. The van der Waals surface area contributed by atoms with Gasteiger partial charge in [-0.3, -0.25) is 9.83 Å². The van der Waals surface area contributed by atoms with Crippen molar-refractivity contribution in [2.24, 2.45) is 0 Å². The van der Waals surface area contributed by atoms with Crippen molar-refractivity contribution >= 4 is 33.8 Å². The van der Waals surface area contributed by atoms with Gasteiger partial charge in [-0.2, -0.15) is 4.33 Å². The van der Waals surface area contributed by atoms with E-state index in [9.17, 15) is 23.0 Å². The first-order valence-electron chi connectivity index (χ1n) is 9.65. The number of rotatable bonds is 13. The molecule has 0 atom stereocenters. The van der Waals surface area contributed by atoms with Gasteiger partial charge in [0, 0.05) is 12.3 Å². The first kappa shape index (κ1) is 34.3. The molecule has 35 heavy (non-hydrogen) atoms. The van der Waals surface area contributed by atoms with E-state index in [0.29, 0.717) is 36.1 Å². The molecule has 0 aliphatic carbocycles. The van der Waals surface area contributed by atoms with E-state index in [1.165, 1.54) is 24.3 Å². The van der Waals surface area contributed by atoms with Gasteiger partial charge in [0.1, 0.15) is 28.2 Å². The molecule has 0 bridgehead atoms. The number of likely N-dealkylation sites (N-methyl/N-ethyl adjacent to an activating group) is 1. The molecular weight excluding hydrogens is 522 g/mol. The molecule has 0 saturated heterocycles. The van der Waals surface area contributed by atoms with Gasteiger partial charge >= 0.3 is 59.1 Å². The van der Waals surface area contributed by atoms with Gasteiger partial charge in [0.15, 0.2) is 6.61 Å². The Morgan fingerprint density at radius 1 is 1.03 bits per heavy atom. The second-order valence-corrected chi connectivity index (χ2v) is 8.58. The first-order chi connectivity index (χ1) is 15.7. The molecule has 0 saturated carbocycles. The molecule has 0 radical (unpaired) electrons. The quantitative estimate of drug-likeness (QED) is 0.0630. The van der Waals surface area contributed by atoms with Crippen LogP contribution in [0.2, 0.25) is 0 Å². The Kier molecular flexibility index (Phi) is 16.6. The molecular formula is C20H22N2Na2O9S2. The summed E-state index contributed by atoms with van der Waals surface area (Å²) in [6.45, 7) is 3.51. The van der Waals surface area contributed by atoms with Crippen LogP contribution in [-0.2, 0) is 24.3 Å². The fourth-order valence-electron chi connectivity index (χ4n) is 2.58. The minimum Gasteiger partial charge on any atom is -0.744 e. The van der Waals surface area contributed by atoms with Gasteiger partial charge in [-0.1, -0.05) is 19.1 Å². The van der Waals surface area contributed by atoms with Crippen LogP contribution >= 0.6 is 12.0 Å². The van der Waals surface area contributed by atoms with Crippen LogP contribution in [0.25, 0.3) is 11.1 Å². The predicted molar refractivity (Wildman–Crippen MR) is 116 cm³/mol. The Hall–Kier alpha value is -0.680. The van der Waals surface area contributed by atoms with Gasteiger partial charge in [0.25, 0.3) is 5.91 Å². The average molecular weight is 545 g/mol. The zero-order valence-corrected chi connectivity index (χ0v) is 25.4. The van der Waals surface area contributed by atoms with E-state index in [4.69, 9.17) is 14.9 Å². The van der Waals surface area contributed by atoms with Crippen LogP contribution in [0.3, 0.4) is 0 Å². The number of hydrogen-bond acceptors (Lipinski definition) is 11. The van der Waals surface area contributed by atoms with Crippen molar-refractivity contribution < 1.29 is 101 Å². The van der Waals surface area contributed by atoms with Crippen molar-refractivity contribution in [2.75, 3.05) is 19.8 Å². The van der Waals surface area contributed by atoms with Crippen molar-refractivity contribution in [3.8, 4) is 22.6 Å². The predicted octanol–water partition coefficient (Wildman–Crippen LogP) is -4.18. The second kappa shape index (κ2) is 16.9. The van der Waals surface area contributed by atoms with Gasteiger partial charge in [-0.15, -0.1) is 0 Å². The van der Waals surface area contributed by atoms with Crippen LogP contribution in [0, 0.1) is 5.41 Å². The molecule has 2 aromatic carbocycles. The van der Waals surface area contributed by atoms with Gasteiger partial charge in [0.05, 0.1) is 21.8 Å². The normalized spacial score (nSPS) is 10.5. The van der Waals surface area contributed by atoms with Crippen LogP contribution in [0.5, 0.6) is 11.5 Å². The van der Waals surface area contributed by atoms with Crippen LogP contribution < -0.4 is 79.2 Å². The van der Waals surface area contributed by atoms with E-state index in [1.807, 2.05) is 0 Å². The number of amides is 1. The molecule has 0 aliphatic heterocycles. The van der Waals surface area contributed by atoms with Crippen molar-refractivity contribution in [2.45, 2.75) is 30.1 Å². The molecule has 15 heteroatoms. The standard InChI is InChI=1S/C20H24N2O9S2.2Na/c1-3-15(21)11-28-17-8-6-14(10-19(17)33(25,26)27)13-5-7-16(18(9-13)32-31-30-24)29-12-20(23)22-4-2;;/h5-10,21,24H,3-4,11-12H2,1-2H3,(H,22,23)(H,25,26,27);;/q;2*+1/p-2. The van der Waals surface area contributed by atoms with E-state index in [2.05, 4.69) is 14.7 Å². The van der Waals surface area contributed by atoms with Crippen molar-refractivity contribution in [1.82, 2.24) is 5.32 Å². The zero-order chi connectivity index (χ0) is 24.4. The van der Waals surface area contributed by atoms with E-state index < -0.39 is 15.0 Å². The van der Waals surface area contributed by atoms with Crippen LogP contribution in [0.4, 0.5) is 0 Å². The maximum atomic E-state index is 11.8. The zero-order valence-electron chi connectivity index (χ0n) is 19.8. The smallest absolute Gasteiger partial charge is 0.744 e. The number of nitrogens with one attached hydrogen (secondary N) is 2. The van der Waals surface area contributed by atoms with Gasteiger partial charge in [-0.05, 0) is 48.7 Å². The summed E-state index contributed by atoms with van der Waals surface area (Å²) in [4.78, 5) is 11.3. The molecule has 0 aromatic heterocycles. The molecule has 180 valence electrons. The fourth-order valence-corrected chi connectivity index (χ4v) is 3.71. The summed E-state index contributed by atoms with van der Waals surface area (Å²) in [5.74, 6) is -0.302. The summed E-state index contributed by atoms with van der Waals surface area (Å²) >= 11 is 0.528. The summed E-state index contributed by atoms with van der Waals surface area (Å²) in [6, 6.07) is 8.57. The topological polar surface area (TPSA) is 170 Å². The third-order valence-corrected chi connectivity index (χ3v) is 5.68. The number of ether oxygens (including phenoxy) is 2. The number of hydrogen-bond donors (Lipinski definition) is 2. The Bertz CT molecular complexity index is 1100. The average Bonchev–Trinajstić information content (AvgIpc) is 2.79. The third kappa shape index (κ3) is 11.1. The SMILES string of the molecule is CCNC(=O)COc1ccc(-c2ccc(OCC(=N)CC)c(S(=O)(=O)[O-])c2)cc1SOO[O-].[Na+].[Na+]. The van der Waals surface area contributed by atoms with E-state index >= 15 is 0 Å². The molecule has 1 amide bonds. The molecule has 2 N–H and O–H groups in total. The summed E-state index contributed by atoms with van der Waals surface area (Å²) in [6.07, 6.45) is 0.418. The Balaban J connectivity index is 0.00000578. The Morgan fingerprint density at radius 2 is 1.63 bits per heavy atom. The minimum absolute atomic E-state index is 0. The van der Waals surface area contributed by atoms with Crippen LogP contribution in [-0.4, -0.2) is 44.3 Å². The molecule has 2 aromatic rings. The third-order valence-electron chi connectivity index (χ3n) is 4.20. The number of carbonyl (C=O) groups excluding carboxylic acids is 1. The van der Waals surface area contributed by atoms with E-state index in [1.54, 1.807) is 19.9 Å². The molecule has 11 nitrogen and oxygen atoms in total. The maximum absolute atomic E-state index is 11.8. The Labute approximate surface area is 252 Å². The molecule has 0 aliphatic rings. The number of carbonyl (C=O) groups is 1. The van der Waals surface area contributed by atoms with E-state index in [-0.39, 0.29) is 100 Å². The Morgan fingerprint density at radius 3 is 2.20 bits per heavy atom. The molecule has 2 rings (SSSR count). The minimum atomic E-state index is -4.88. The fraction of sp³-hybridized carbons (Fsp3) is 0.300. The van der Waals surface area contributed by atoms with Crippen LogP contribution in [0.1, 0.15) is 20.3 Å². The largest absolute Gasteiger partial charge is 1.00 e. The van der Waals surface area contributed by atoms with Gasteiger partial charge in [0.2, 0.25) is 0 Å². The van der Waals surface area contributed by atoms with Crippen LogP contribution in [0.15, 0.2) is 46.2 Å². The van der Waals surface area contributed by atoms with Crippen molar-refractivity contribution in [3.05, 3.63) is 36.4 Å². The first-order valence-corrected chi connectivity index (χ1v) is 11.8. The van der Waals surface area contributed by atoms with Crippen molar-refractivity contribution in [3.63, 3.8) is 0 Å².